The molecule has 0 aromatic carbocycles. The van der Waals surface area contributed by atoms with Gasteiger partial charge in [0.1, 0.15) is 11.4 Å². The van der Waals surface area contributed by atoms with Crippen LogP contribution in [0, 0.1) is 41.4 Å². The Morgan fingerprint density at radius 3 is 2.57 bits per heavy atom. The number of rotatable bonds is 3. The van der Waals surface area contributed by atoms with E-state index in [1.165, 1.54) is 12.8 Å². The first-order chi connectivity index (χ1) is 11.0. The summed E-state index contributed by atoms with van der Waals surface area (Å²) >= 11 is 0. The molecule has 0 spiro atoms. The van der Waals surface area contributed by atoms with Crippen LogP contribution in [-0.2, 0) is 4.79 Å². The van der Waals surface area contributed by atoms with Crippen LogP contribution >= 0.6 is 0 Å². The lowest BCUT2D eigenvalue weighted by Crippen LogP contribution is -2.56. The maximum atomic E-state index is 12.3. The van der Waals surface area contributed by atoms with E-state index in [-0.39, 0.29) is 29.6 Å². The SMILES string of the molecule is CCCC1C(=O)[C@@H]2CC[C@H](O)[C@@H](C#C[C@@](C)(O)C3CCCC3)[C@H]12. The second kappa shape index (κ2) is 6.57. The summed E-state index contributed by atoms with van der Waals surface area (Å²) in [5.41, 5.74) is -0.961. The highest BCUT2D eigenvalue weighted by Gasteiger charge is 2.55. The third-order valence-electron chi connectivity index (χ3n) is 6.50. The van der Waals surface area contributed by atoms with Crippen LogP contribution in [0.3, 0.4) is 0 Å². The van der Waals surface area contributed by atoms with Gasteiger partial charge in [0.15, 0.2) is 0 Å². The molecule has 3 aliphatic rings. The number of aliphatic hydroxyl groups excluding tert-OH is 1. The number of ketones is 1. The molecule has 6 atom stereocenters. The standard InChI is InChI=1S/C20H30O3/c1-3-6-15-18-14(17(21)10-9-16(18)19(15)22)11-12-20(2,23)13-7-4-5-8-13/h13-18,21,23H,3-10H2,1-2H3/t14-,15?,16-,17+,18-,20-/m1/s1. The van der Waals surface area contributed by atoms with Gasteiger partial charge < -0.3 is 10.2 Å². The van der Waals surface area contributed by atoms with Gasteiger partial charge in [0.05, 0.1) is 12.0 Å². The van der Waals surface area contributed by atoms with E-state index >= 15 is 0 Å². The molecule has 0 radical (unpaired) electrons. The summed E-state index contributed by atoms with van der Waals surface area (Å²) in [7, 11) is 0. The zero-order valence-electron chi connectivity index (χ0n) is 14.4. The van der Waals surface area contributed by atoms with Crippen LogP contribution in [0.25, 0.3) is 0 Å². The fourth-order valence-electron chi connectivity index (χ4n) is 5.10. The smallest absolute Gasteiger partial charge is 0.139 e. The minimum atomic E-state index is -0.961. The van der Waals surface area contributed by atoms with E-state index in [1.54, 1.807) is 0 Å². The third-order valence-corrected chi connectivity index (χ3v) is 6.50. The van der Waals surface area contributed by atoms with Crippen LogP contribution in [0.2, 0.25) is 0 Å². The van der Waals surface area contributed by atoms with Crippen molar-refractivity contribution < 1.29 is 15.0 Å². The Morgan fingerprint density at radius 1 is 1.22 bits per heavy atom. The van der Waals surface area contributed by atoms with Crippen LogP contribution in [0.1, 0.15) is 65.2 Å². The van der Waals surface area contributed by atoms with E-state index < -0.39 is 11.7 Å². The Bertz CT molecular complexity index is 507. The molecule has 3 saturated carbocycles. The van der Waals surface area contributed by atoms with Crippen molar-refractivity contribution in [3.63, 3.8) is 0 Å². The number of hydrogen-bond donors (Lipinski definition) is 2. The van der Waals surface area contributed by atoms with Crippen molar-refractivity contribution in [1.82, 2.24) is 0 Å². The molecule has 0 amide bonds. The van der Waals surface area contributed by atoms with Gasteiger partial charge in [-0.3, -0.25) is 4.79 Å². The Morgan fingerprint density at radius 2 is 1.91 bits per heavy atom. The molecule has 0 aromatic rings. The molecule has 0 aliphatic heterocycles. The summed E-state index contributed by atoms with van der Waals surface area (Å²) in [5, 5.41) is 21.1. The number of Topliss-reactive ketones (excluding diaryl/α,β-unsaturated/α-hetero) is 1. The van der Waals surface area contributed by atoms with E-state index in [9.17, 15) is 15.0 Å². The van der Waals surface area contributed by atoms with Crippen LogP contribution in [0.4, 0.5) is 0 Å². The van der Waals surface area contributed by atoms with Gasteiger partial charge in [0, 0.05) is 11.8 Å². The van der Waals surface area contributed by atoms with Crippen molar-refractivity contribution in [1.29, 1.82) is 0 Å². The number of carbonyl (C=O) groups excluding carboxylic acids is 1. The molecular weight excluding hydrogens is 288 g/mol. The van der Waals surface area contributed by atoms with Crippen LogP contribution < -0.4 is 0 Å². The van der Waals surface area contributed by atoms with E-state index in [0.29, 0.717) is 12.2 Å². The van der Waals surface area contributed by atoms with Crippen LogP contribution in [-0.4, -0.2) is 27.7 Å². The molecule has 3 rings (SSSR count). The largest absolute Gasteiger partial charge is 0.392 e. The maximum Gasteiger partial charge on any atom is 0.139 e. The third kappa shape index (κ3) is 3.08. The van der Waals surface area contributed by atoms with Crippen molar-refractivity contribution >= 4 is 5.78 Å². The summed E-state index contributed by atoms with van der Waals surface area (Å²) in [6, 6.07) is 0. The highest BCUT2D eigenvalue weighted by molar-refractivity contribution is 5.90. The average molecular weight is 318 g/mol. The molecule has 0 saturated heterocycles. The molecular formula is C20H30O3. The van der Waals surface area contributed by atoms with Crippen LogP contribution in [0.5, 0.6) is 0 Å². The van der Waals surface area contributed by atoms with Crippen molar-refractivity contribution in [2.24, 2.45) is 29.6 Å². The first kappa shape index (κ1) is 17.0. The predicted octanol–water partition coefficient (Wildman–Crippen LogP) is 2.93. The topological polar surface area (TPSA) is 57.5 Å². The van der Waals surface area contributed by atoms with Gasteiger partial charge in [0.2, 0.25) is 0 Å². The number of fused-ring (bicyclic) bond motifs is 1. The summed E-state index contributed by atoms with van der Waals surface area (Å²) in [6.07, 6.45) is 7.35. The molecule has 23 heavy (non-hydrogen) atoms. The Balaban J connectivity index is 1.77. The Hall–Kier alpha value is -0.850. The zero-order valence-corrected chi connectivity index (χ0v) is 14.4. The lowest BCUT2D eigenvalue weighted by Gasteiger charge is -2.50. The molecule has 0 heterocycles. The summed E-state index contributed by atoms with van der Waals surface area (Å²) < 4.78 is 0. The highest BCUT2D eigenvalue weighted by atomic mass is 16.3. The first-order valence-electron chi connectivity index (χ1n) is 9.42. The minimum absolute atomic E-state index is 0.0793. The quantitative estimate of drug-likeness (QED) is 0.787. The zero-order chi connectivity index (χ0) is 16.6. The minimum Gasteiger partial charge on any atom is -0.392 e. The van der Waals surface area contributed by atoms with Gasteiger partial charge in [-0.25, -0.2) is 0 Å². The van der Waals surface area contributed by atoms with Gasteiger partial charge in [-0.2, -0.15) is 0 Å². The molecule has 1 unspecified atom stereocenters. The molecule has 0 aromatic heterocycles. The van der Waals surface area contributed by atoms with Gasteiger partial charge in [-0.15, -0.1) is 0 Å². The summed E-state index contributed by atoms with van der Waals surface area (Å²) in [4.78, 5) is 12.3. The van der Waals surface area contributed by atoms with E-state index in [2.05, 4.69) is 18.8 Å². The molecule has 3 heteroatoms. The van der Waals surface area contributed by atoms with Gasteiger partial charge in [0.25, 0.3) is 0 Å². The predicted molar refractivity (Wildman–Crippen MR) is 89.5 cm³/mol. The molecule has 3 aliphatic carbocycles. The Labute approximate surface area is 139 Å². The molecule has 2 N–H and O–H groups in total. The number of carbonyl (C=O) groups is 1. The molecule has 3 nitrogen and oxygen atoms in total. The van der Waals surface area contributed by atoms with Crippen LogP contribution in [0.15, 0.2) is 0 Å². The highest BCUT2D eigenvalue weighted by Crippen LogP contribution is 2.51. The first-order valence-corrected chi connectivity index (χ1v) is 9.42. The van der Waals surface area contributed by atoms with Crippen molar-refractivity contribution in [3.8, 4) is 11.8 Å². The number of hydrogen-bond acceptors (Lipinski definition) is 3. The summed E-state index contributed by atoms with van der Waals surface area (Å²) in [6.45, 7) is 3.92. The van der Waals surface area contributed by atoms with Crippen molar-refractivity contribution in [2.45, 2.75) is 76.9 Å². The fraction of sp³-hybridized carbons (Fsp3) is 0.850. The van der Waals surface area contributed by atoms with Gasteiger partial charge in [-0.1, -0.05) is 38.0 Å². The second-order valence-electron chi connectivity index (χ2n) is 8.05. The van der Waals surface area contributed by atoms with E-state index in [1.807, 2.05) is 6.92 Å². The monoisotopic (exact) mass is 318 g/mol. The number of aliphatic hydroxyl groups is 2. The summed E-state index contributed by atoms with van der Waals surface area (Å²) in [5.74, 6) is 7.21. The van der Waals surface area contributed by atoms with E-state index in [0.717, 1.165) is 32.1 Å². The lowest BCUT2D eigenvalue weighted by atomic mass is 9.52. The average Bonchev–Trinajstić information content (AvgIpc) is 3.06. The van der Waals surface area contributed by atoms with Crippen molar-refractivity contribution in [2.75, 3.05) is 0 Å². The normalized spacial score (nSPS) is 39.8. The lowest BCUT2D eigenvalue weighted by molar-refractivity contribution is -0.154. The fourth-order valence-corrected chi connectivity index (χ4v) is 5.10. The molecule has 128 valence electrons. The van der Waals surface area contributed by atoms with Gasteiger partial charge in [-0.05, 0) is 50.9 Å². The Kier molecular flexibility index (Phi) is 4.85. The van der Waals surface area contributed by atoms with Crippen molar-refractivity contribution in [3.05, 3.63) is 0 Å². The van der Waals surface area contributed by atoms with E-state index in [4.69, 9.17) is 0 Å². The molecule has 3 fully saturated rings. The molecule has 0 bridgehead atoms. The van der Waals surface area contributed by atoms with Gasteiger partial charge >= 0.3 is 0 Å². The second-order valence-corrected chi connectivity index (χ2v) is 8.05. The maximum absolute atomic E-state index is 12.3.